The maximum Gasteiger partial charge on any atom is 0.435 e. The highest BCUT2D eigenvalue weighted by Crippen LogP contribution is 2.43. The van der Waals surface area contributed by atoms with Crippen molar-refractivity contribution in [2.45, 2.75) is 18.2 Å². The molecule has 1 heterocycles. The van der Waals surface area contributed by atoms with E-state index in [0.29, 0.717) is 5.56 Å². The predicted octanol–water partition coefficient (Wildman–Crippen LogP) is 2.12. The Kier molecular flexibility index (Phi) is 1.99. The fourth-order valence-electron chi connectivity index (χ4n) is 1.56. The minimum Gasteiger partial charge on any atom is -0.469 e. The molecule has 0 saturated carbocycles. The molecule has 2 rings (SSSR count). The third-order valence-electron chi connectivity index (χ3n) is 2.39. The number of alkyl halides is 3. The number of halogens is 3. The first-order valence-electron chi connectivity index (χ1n) is 4.28. The van der Waals surface area contributed by atoms with Gasteiger partial charge in [0, 0.05) is 6.42 Å². The fourth-order valence-corrected chi connectivity index (χ4v) is 1.56. The van der Waals surface area contributed by atoms with Crippen molar-refractivity contribution in [3.05, 3.63) is 29.8 Å². The molecule has 15 heavy (non-hydrogen) atoms. The van der Waals surface area contributed by atoms with Gasteiger partial charge in [0.1, 0.15) is 5.75 Å². The quantitative estimate of drug-likeness (QED) is 0.672. The van der Waals surface area contributed by atoms with Gasteiger partial charge in [-0.25, -0.2) is 0 Å². The summed E-state index contributed by atoms with van der Waals surface area (Å²) in [6, 6.07) is 6.12. The SMILES string of the molecule is O=CC1(C(F)(F)F)Cc2ccccc2O1. The number of carbonyl (C=O) groups excluding carboxylic acids is 1. The van der Waals surface area contributed by atoms with Crippen molar-refractivity contribution in [2.75, 3.05) is 0 Å². The van der Waals surface area contributed by atoms with Crippen molar-refractivity contribution in [2.24, 2.45) is 0 Å². The van der Waals surface area contributed by atoms with Gasteiger partial charge < -0.3 is 4.74 Å². The summed E-state index contributed by atoms with van der Waals surface area (Å²) < 4.78 is 42.6. The van der Waals surface area contributed by atoms with Crippen LogP contribution in [0.4, 0.5) is 13.2 Å². The Balaban J connectivity index is 2.42. The van der Waals surface area contributed by atoms with E-state index in [9.17, 15) is 18.0 Å². The molecule has 1 unspecified atom stereocenters. The number of hydrogen-bond donors (Lipinski definition) is 0. The first-order valence-corrected chi connectivity index (χ1v) is 4.28. The molecule has 0 aliphatic carbocycles. The number of fused-ring (bicyclic) bond motifs is 1. The van der Waals surface area contributed by atoms with Crippen molar-refractivity contribution in [1.29, 1.82) is 0 Å². The van der Waals surface area contributed by atoms with Crippen molar-refractivity contribution in [3.8, 4) is 5.75 Å². The molecule has 0 amide bonds. The zero-order valence-corrected chi connectivity index (χ0v) is 7.54. The lowest BCUT2D eigenvalue weighted by Crippen LogP contribution is -2.50. The van der Waals surface area contributed by atoms with Crippen LogP contribution in [-0.2, 0) is 11.2 Å². The summed E-state index contributed by atoms with van der Waals surface area (Å²) in [6.07, 6.45) is -5.31. The van der Waals surface area contributed by atoms with Gasteiger partial charge in [-0.2, -0.15) is 13.2 Å². The van der Waals surface area contributed by atoms with Gasteiger partial charge >= 0.3 is 6.18 Å². The van der Waals surface area contributed by atoms with Crippen molar-refractivity contribution >= 4 is 6.29 Å². The number of rotatable bonds is 1. The number of hydrogen-bond acceptors (Lipinski definition) is 2. The fraction of sp³-hybridized carbons (Fsp3) is 0.300. The highest BCUT2D eigenvalue weighted by molar-refractivity contribution is 5.68. The van der Waals surface area contributed by atoms with Crippen LogP contribution in [0.15, 0.2) is 24.3 Å². The molecule has 0 fully saturated rings. The standard InChI is InChI=1S/C10H7F3O2/c11-10(12,13)9(6-14)5-7-3-1-2-4-8(7)15-9/h1-4,6H,5H2. The smallest absolute Gasteiger partial charge is 0.435 e. The molecule has 1 aliphatic rings. The lowest BCUT2D eigenvalue weighted by Gasteiger charge is -2.24. The Morgan fingerprint density at radius 3 is 2.53 bits per heavy atom. The van der Waals surface area contributed by atoms with E-state index in [1.807, 2.05) is 0 Å². The third kappa shape index (κ3) is 1.38. The summed E-state index contributed by atoms with van der Waals surface area (Å²) in [7, 11) is 0. The maximum atomic E-state index is 12.6. The van der Waals surface area contributed by atoms with Crippen LogP contribution in [0.25, 0.3) is 0 Å². The lowest BCUT2D eigenvalue weighted by molar-refractivity contribution is -0.229. The number of ether oxygens (including phenoxy) is 1. The van der Waals surface area contributed by atoms with Gasteiger partial charge in [0.05, 0.1) is 0 Å². The van der Waals surface area contributed by atoms with Gasteiger partial charge in [-0.05, 0) is 11.6 Å². The minimum atomic E-state index is -4.69. The Morgan fingerprint density at radius 1 is 1.33 bits per heavy atom. The lowest BCUT2D eigenvalue weighted by atomic mass is 9.98. The molecular weight excluding hydrogens is 209 g/mol. The Bertz CT molecular complexity index is 373. The van der Waals surface area contributed by atoms with E-state index in [1.165, 1.54) is 12.1 Å². The molecule has 0 N–H and O–H groups in total. The van der Waals surface area contributed by atoms with Gasteiger partial charge in [0.15, 0.2) is 6.29 Å². The van der Waals surface area contributed by atoms with Crippen molar-refractivity contribution < 1.29 is 22.7 Å². The van der Waals surface area contributed by atoms with Crippen molar-refractivity contribution in [1.82, 2.24) is 0 Å². The van der Waals surface area contributed by atoms with Crippen LogP contribution in [0.3, 0.4) is 0 Å². The number of para-hydroxylation sites is 1. The molecule has 1 aromatic carbocycles. The van der Waals surface area contributed by atoms with Crippen LogP contribution in [-0.4, -0.2) is 18.1 Å². The molecule has 0 aromatic heterocycles. The first-order chi connectivity index (χ1) is 6.98. The Labute approximate surface area is 83.7 Å². The van der Waals surface area contributed by atoms with Crippen LogP contribution >= 0.6 is 0 Å². The minimum absolute atomic E-state index is 0.127. The summed E-state index contributed by atoms with van der Waals surface area (Å²) in [5.74, 6) is 0.127. The van der Waals surface area contributed by atoms with Crippen molar-refractivity contribution in [3.63, 3.8) is 0 Å². The number of benzene rings is 1. The average molecular weight is 216 g/mol. The number of aldehydes is 1. The van der Waals surface area contributed by atoms with Gasteiger partial charge in [0.25, 0.3) is 5.60 Å². The monoisotopic (exact) mass is 216 g/mol. The summed E-state index contributed by atoms with van der Waals surface area (Å²) in [5, 5.41) is 0. The van der Waals surface area contributed by atoms with E-state index in [4.69, 9.17) is 4.74 Å². The molecule has 0 radical (unpaired) electrons. The molecule has 1 aromatic rings. The van der Waals surface area contributed by atoms with Crippen LogP contribution in [0, 0.1) is 0 Å². The molecule has 0 bridgehead atoms. The van der Waals surface area contributed by atoms with E-state index >= 15 is 0 Å². The Morgan fingerprint density at radius 2 is 2.00 bits per heavy atom. The Hall–Kier alpha value is -1.52. The summed E-state index contributed by atoms with van der Waals surface area (Å²) in [5.41, 5.74) is -2.29. The predicted molar refractivity (Wildman–Crippen MR) is 45.6 cm³/mol. The zero-order valence-electron chi connectivity index (χ0n) is 7.54. The topological polar surface area (TPSA) is 26.3 Å². The molecule has 80 valence electrons. The van der Waals surface area contributed by atoms with Gasteiger partial charge in [0.2, 0.25) is 0 Å². The van der Waals surface area contributed by atoms with Gasteiger partial charge in [-0.15, -0.1) is 0 Å². The van der Waals surface area contributed by atoms with Gasteiger partial charge in [-0.3, -0.25) is 4.79 Å². The molecule has 1 atom stereocenters. The summed E-state index contributed by atoms with van der Waals surface area (Å²) >= 11 is 0. The van der Waals surface area contributed by atoms with Crippen LogP contribution in [0.2, 0.25) is 0 Å². The molecule has 1 aliphatic heterocycles. The highest BCUT2D eigenvalue weighted by atomic mass is 19.4. The molecule has 2 nitrogen and oxygen atoms in total. The van der Waals surface area contributed by atoms with Crippen LogP contribution in [0.5, 0.6) is 5.75 Å². The van der Waals surface area contributed by atoms with Crippen LogP contribution < -0.4 is 4.74 Å². The average Bonchev–Trinajstić information content (AvgIpc) is 2.56. The zero-order chi connectivity index (χ0) is 11.1. The summed E-state index contributed by atoms with van der Waals surface area (Å²) in [6.45, 7) is 0. The second-order valence-electron chi connectivity index (χ2n) is 3.39. The summed E-state index contributed by atoms with van der Waals surface area (Å²) in [4.78, 5) is 10.6. The maximum absolute atomic E-state index is 12.6. The second-order valence-corrected chi connectivity index (χ2v) is 3.39. The second kappa shape index (κ2) is 2.98. The van der Waals surface area contributed by atoms with E-state index in [-0.39, 0.29) is 12.0 Å². The number of carbonyl (C=O) groups is 1. The molecule has 5 heteroatoms. The normalized spacial score (nSPS) is 24.5. The third-order valence-corrected chi connectivity index (χ3v) is 2.39. The highest BCUT2D eigenvalue weighted by Gasteiger charge is 2.60. The molecular formula is C10H7F3O2. The van der Waals surface area contributed by atoms with E-state index in [0.717, 1.165) is 0 Å². The van der Waals surface area contributed by atoms with E-state index < -0.39 is 18.2 Å². The van der Waals surface area contributed by atoms with Gasteiger partial charge in [-0.1, -0.05) is 18.2 Å². The molecule has 0 spiro atoms. The van der Waals surface area contributed by atoms with E-state index in [1.54, 1.807) is 12.1 Å². The van der Waals surface area contributed by atoms with E-state index in [2.05, 4.69) is 0 Å². The van der Waals surface area contributed by atoms with Crippen LogP contribution in [0.1, 0.15) is 5.56 Å². The molecule has 0 saturated heterocycles. The first kappa shape index (κ1) is 10.0. The largest absolute Gasteiger partial charge is 0.469 e.